The number of halogens is 4. The summed E-state index contributed by atoms with van der Waals surface area (Å²) in [5.41, 5.74) is 0.292. The zero-order valence-corrected chi connectivity index (χ0v) is 14.9. The molecule has 120 valence electrons. The van der Waals surface area contributed by atoms with Gasteiger partial charge in [0.1, 0.15) is 9.75 Å². The average molecular weight is 386 g/mol. The van der Waals surface area contributed by atoms with Crippen molar-refractivity contribution in [2.45, 2.75) is 22.5 Å². The number of ether oxygens (including phenoxy) is 2. The molecule has 4 nitrogen and oxygen atoms in total. The highest BCUT2D eigenvalue weighted by Crippen LogP contribution is 2.74. The van der Waals surface area contributed by atoms with E-state index in [0.29, 0.717) is 5.57 Å². The maximum absolute atomic E-state index is 12.7. The van der Waals surface area contributed by atoms with Crippen molar-refractivity contribution in [2.24, 2.45) is 11.8 Å². The molecule has 2 bridgehead atoms. The molecule has 0 aromatic heterocycles. The molecule has 0 aromatic rings. The summed E-state index contributed by atoms with van der Waals surface area (Å²) < 4.78 is 11.0. The second kappa shape index (κ2) is 4.71. The van der Waals surface area contributed by atoms with Gasteiger partial charge in [-0.25, -0.2) is 0 Å². The van der Waals surface area contributed by atoms with Gasteiger partial charge in [-0.1, -0.05) is 23.2 Å². The highest BCUT2D eigenvalue weighted by Gasteiger charge is 2.87. The third-order valence-electron chi connectivity index (χ3n) is 4.89. The maximum Gasteiger partial charge on any atom is 0.218 e. The van der Waals surface area contributed by atoms with Crippen molar-refractivity contribution in [2.75, 3.05) is 14.2 Å². The fourth-order valence-corrected chi connectivity index (χ4v) is 6.19. The first-order chi connectivity index (χ1) is 10.1. The van der Waals surface area contributed by atoms with Crippen LogP contribution in [0.5, 0.6) is 0 Å². The van der Waals surface area contributed by atoms with Crippen molar-refractivity contribution in [3.63, 3.8) is 0 Å². The third-order valence-corrected chi connectivity index (χ3v) is 7.50. The third kappa shape index (κ3) is 1.38. The molecule has 0 aromatic carbocycles. The van der Waals surface area contributed by atoms with Crippen molar-refractivity contribution in [1.82, 2.24) is 0 Å². The first-order valence-corrected chi connectivity index (χ1v) is 7.97. The molecule has 0 heterocycles. The summed E-state index contributed by atoms with van der Waals surface area (Å²) in [5, 5.41) is -0.0449. The lowest BCUT2D eigenvalue weighted by atomic mass is 9.72. The zero-order chi connectivity index (χ0) is 16.7. The van der Waals surface area contributed by atoms with Crippen LogP contribution in [-0.2, 0) is 19.1 Å². The second-order valence-electron chi connectivity index (χ2n) is 5.63. The summed E-state index contributed by atoms with van der Waals surface area (Å²) in [6, 6.07) is 0. The summed E-state index contributed by atoms with van der Waals surface area (Å²) >= 11 is 26.1. The largest absolute Gasteiger partial charge is 0.350 e. The number of rotatable bonds is 2. The smallest absolute Gasteiger partial charge is 0.218 e. The van der Waals surface area contributed by atoms with Crippen LogP contribution in [0.15, 0.2) is 21.7 Å². The molecule has 1 fully saturated rings. The highest BCUT2D eigenvalue weighted by atomic mass is 35.5. The Balaban J connectivity index is 2.39. The van der Waals surface area contributed by atoms with Gasteiger partial charge in [0.05, 0.1) is 21.9 Å². The molecule has 1 saturated carbocycles. The zero-order valence-electron chi connectivity index (χ0n) is 11.9. The van der Waals surface area contributed by atoms with Crippen LogP contribution in [-0.4, -0.2) is 41.3 Å². The molecule has 3 rings (SSSR count). The van der Waals surface area contributed by atoms with Crippen LogP contribution in [0.3, 0.4) is 0 Å². The number of hydrogen-bond donors (Lipinski definition) is 0. The van der Waals surface area contributed by atoms with Crippen LogP contribution in [0.4, 0.5) is 0 Å². The Morgan fingerprint density at radius 2 is 1.45 bits per heavy atom. The van der Waals surface area contributed by atoms with E-state index in [1.807, 2.05) is 0 Å². The quantitative estimate of drug-likeness (QED) is 0.541. The van der Waals surface area contributed by atoms with Gasteiger partial charge in [0.15, 0.2) is 11.6 Å². The van der Waals surface area contributed by atoms with E-state index in [-0.39, 0.29) is 21.6 Å². The van der Waals surface area contributed by atoms with Crippen molar-refractivity contribution in [3.05, 3.63) is 21.7 Å². The fourth-order valence-electron chi connectivity index (χ4n) is 4.00. The molecule has 0 aliphatic heterocycles. The number of ketones is 2. The fraction of sp³-hybridized carbons (Fsp3) is 0.571. The van der Waals surface area contributed by atoms with Gasteiger partial charge in [-0.2, -0.15) is 0 Å². The van der Waals surface area contributed by atoms with Gasteiger partial charge in [0, 0.05) is 14.2 Å². The van der Waals surface area contributed by atoms with Gasteiger partial charge < -0.3 is 9.47 Å². The van der Waals surface area contributed by atoms with Crippen molar-refractivity contribution < 1.29 is 19.1 Å². The Hall–Kier alpha value is -0.100. The number of hydrogen-bond acceptors (Lipinski definition) is 4. The molecule has 0 spiro atoms. The molecule has 4 atom stereocenters. The van der Waals surface area contributed by atoms with E-state index in [0.717, 1.165) is 0 Å². The minimum Gasteiger partial charge on any atom is -0.350 e. The van der Waals surface area contributed by atoms with Gasteiger partial charge in [0.25, 0.3) is 0 Å². The van der Waals surface area contributed by atoms with E-state index in [2.05, 4.69) is 0 Å². The summed E-state index contributed by atoms with van der Waals surface area (Å²) in [5.74, 6) is -4.39. The van der Waals surface area contributed by atoms with Crippen LogP contribution in [0.25, 0.3) is 0 Å². The minimum atomic E-state index is -1.73. The molecule has 0 radical (unpaired) electrons. The Kier molecular flexibility index (Phi) is 3.59. The number of carbonyl (C=O) groups is 2. The number of fused-ring (bicyclic) bond motifs is 5. The maximum atomic E-state index is 12.7. The van der Waals surface area contributed by atoms with E-state index in [9.17, 15) is 9.59 Å². The highest BCUT2D eigenvalue weighted by molar-refractivity contribution is 6.53. The Bertz CT molecular complexity index is 666. The lowest BCUT2D eigenvalue weighted by Gasteiger charge is -2.40. The monoisotopic (exact) mass is 384 g/mol. The molecule has 3 aliphatic carbocycles. The van der Waals surface area contributed by atoms with E-state index in [1.54, 1.807) is 6.92 Å². The number of carbonyl (C=O) groups excluding carboxylic acids is 2. The van der Waals surface area contributed by atoms with Crippen LogP contribution < -0.4 is 0 Å². The molecule has 0 saturated heterocycles. The summed E-state index contributed by atoms with van der Waals surface area (Å²) in [4.78, 5) is 21.9. The first-order valence-electron chi connectivity index (χ1n) is 6.45. The average Bonchev–Trinajstić information content (AvgIpc) is 2.73. The minimum absolute atomic E-state index is 0.0216. The molecule has 0 unspecified atom stereocenters. The van der Waals surface area contributed by atoms with Crippen molar-refractivity contribution in [1.29, 1.82) is 0 Å². The van der Waals surface area contributed by atoms with E-state index >= 15 is 0 Å². The van der Waals surface area contributed by atoms with Gasteiger partial charge in [-0.15, -0.1) is 23.2 Å². The number of Topliss-reactive ketones (excluding diaryl/α,β-unsaturated/α-hetero) is 1. The summed E-state index contributed by atoms with van der Waals surface area (Å²) in [7, 11) is 2.65. The molecule has 22 heavy (non-hydrogen) atoms. The van der Waals surface area contributed by atoms with E-state index < -0.39 is 27.4 Å². The van der Waals surface area contributed by atoms with E-state index in [4.69, 9.17) is 55.9 Å². The molecule has 0 amide bonds. The number of alkyl halides is 2. The van der Waals surface area contributed by atoms with Gasteiger partial charge in [-0.05, 0) is 18.6 Å². The van der Waals surface area contributed by atoms with Crippen LogP contribution in [0.2, 0.25) is 0 Å². The van der Waals surface area contributed by atoms with E-state index in [1.165, 1.54) is 20.3 Å². The van der Waals surface area contributed by atoms with Crippen LogP contribution in [0.1, 0.15) is 6.92 Å². The number of methoxy groups -OCH3 is 2. The molecule has 3 aliphatic rings. The second-order valence-corrected chi connectivity index (χ2v) is 7.57. The van der Waals surface area contributed by atoms with Gasteiger partial charge in [-0.3, -0.25) is 9.59 Å². The summed E-state index contributed by atoms with van der Waals surface area (Å²) in [6.07, 6.45) is 1.25. The number of allylic oxidation sites excluding steroid dienone is 2. The predicted octanol–water partition coefficient (Wildman–Crippen LogP) is 2.98. The van der Waals surface area contributed by atoms with Crippen molar-refractivity contribution in [3.8, 4) is 0 Å². The Morgan fingerprint density at radius 3 is 1.91 bits per heavy atom. The molecular weight excluding hydrogens is 374 g/mol. The lowest BCUT2D eigenvalue weighted by Crippen LogP contribution is -2.58. The standard InChI is InChI=1S/C14H12Cl4O4/c1-5-4-6(19)7-8(9(5)20)13(18)11(16)10(15)12(7,17)14(13,21-2)22-3/h4,7-8H,1-3H3/t7-,8-,12+,13+/m1/s1. The Morgan fingerprint density at radius 1 is 1.00 bits per heavy atom. The predicted molar refractivity (Wildman–Crippen MR) is 83.4 cm³/mol. The van der Waals surface area contributed by atoms with Gasteiger partial charge >= 0.3 is 0 Å². The Labute approximate surface area is 147 Å². The normalized spacial score (nSPS) is 42.8. The van der Waals surface area contributed by atoms with Gasteiger partial charge in [0.2, 0.25) is 5.79 Å². The molecule has 8 heteroatoms. The van der Waals surface area contributed by atoms with Crippen LogP contribution >= 0.6 is 46.4 Å². The topological polar surface area (TPSA) is 52.6 Å². The SMILES string of the molecule is COC1(OC)[C@@]2(Cl)C(Cl)=C(Cl)[C@@]1(Cl)[C@H]1C(=O)C(C)=CC(=O)[C@H]12. The molecular formula is C14H12Cl4O4. The summed E-state index contributed by atoms with van der Waals surface area (Å²) in [6.45, 7) is 1.55. The van der Waals surface area contributed by atoms with Crippen molar-refractivity contribution >= 4 is 58.0 Å². The lowest BCUT2D eigenvalue weighted by molar-refractivity contribution is -0.220. The molecule has 0 N–H and O–H groups in total. The first kappa shape index (κ1) is 16.7. The van der Waals surface area contributed by atoms with Crippen LogP contribution in [0, 0.1) is 11.8 Å².